The smallest absolute Gasteiger partial charge is 0.212 e. The van der Waals surface area contributed by atoms with Crippen LogP contribution in [0.1, 0.15) is 36.3 Å². The van der Waals surface area contributed by atoms with E-state index in [0.717, 1.165) is 49.5 Å². The molecule has 2 heteroatoms. The van der Waals surface area contributed by atoms with Crippen LogP contribution in [0, 0.1) is 6.92 Å². The second-order valence-electron chi connectivity index (χ2n) is 7.47. The Morgan fingerprint density at radius 3 is 2.71 bits per heavy atom. The Morgan fingerprint density at radius 2 is 1.86 bits per heavy atom. The van der Waals surface area contributed by atoms with Crippen LogP contribution in [-0.4, -0.2) is 0 Å². The van der Waals surface area contributed by atoms with Crippen molar-refractivity contribution in [3.05, 3.63) is 78.0 Å². The molecule has 2 nitrogen and oxygen atoms in total. The first kappa shape index (κ1) is 13.1. The normalized spacial score (nSPS) is 16.5. The predicted molar refractivity (Wildman–Crippen MR) is 117 cm³/mol. The summed E-state index contributed by atoms with van der Waals surface area (Å²) in [4.78, 5) is 0. The van der Waals surface area contributed by atoms with E-state index < -0.39 is 12.7 Å². The molecule has 1 atom stereocenters. The molecule has 2 heterocycles. The lowest BCUT2D eigenvalue weighted by molar-refractivity contribution is -0.660. The Hall–Kier alpha value is -3.13. The summed E-state index contributed by atoms with van der Waals surface area (Å²) in [5.41, 5.74) is 4.96. The van der Waals surface area contributed by atoms with Crippen LogP contribution in [0.5, 0.6) is 0 Å². The number of aryl methyl sites for hydroxylation is 2. The maximum Gasteiger partial charge on any atom is 0.212 e. The van der Waals surface area contributed by atoms with Gasteiger partial charge in [0.15, 0.2) is 6.20 Å². The molecule has 0 bridgehead atoms. The molecule has 0 aliphatic carbocycles. The van der Waals surface area contributed by atoms with Gasteiger partial charge in [0.05, 0.1) is 5.56 Å². The molecular weight excluding hydrogens is 342 g/mol. The van der Waals surface area contributed by atoms with Crippen LogP contribution in [-0.2, 0) is 7.05 Å². The molecular formula is C26H24NO+. The number of fused-ring (bicyclic) bond motifs is 5. The van der Waals surface area contributed by atoms with Crippen molar-refractivity contribution >= 4 is 32.7 Å². The summed E-state index contributed by atoms with van der Waals surface area (Å²) in [6.07, 6.45) is 1.82. The summed E-state index contributed by atoms with van der Waals surface area (Å²) >= 11 is 0. The highest BCUT2D eigenvalue weighted by Gasteiger charge is 2.18. The van der Waals surface area contributed by atoms with Gasteiger partial charge >= 0.3 is 0 Å². The maximum atomic E-state index is 8.49. The average molecular weight is 371 g/mol. The van der Waals surface area contributed by atoms with Gasteiger partial charge in [-0.25, -0.2) is 4.57 Å². The monoisotopic (exact) mass is 370 g/mol. The van der Waals surface area contributed by atoms with Gasteiger partial charge in [0.2, 0.25) is 5.69 Å². The van der Waals surface area contributed by atoms with Crippen molar-refractivity contribution in [2.75, 3.05) is 0 Å². The lowest BCUT2D eigenvalue weighted by Gasteiger charge is -2.09. The van der Waals surface area contributed by atoms with Crippen molar-refractivity contribution in [2.45, 2.75) is 26.6 Å². The Labute approximate surface area is 170 Å². The summed E-state index contributed by atoms with van der Waals surface area (Å²) in [5, 5.41) is 4.34. The first-order valence-electron chi connectivity index (χ1n) is 11.4. The molecule has 1 unspecified atom stereocenters. The molecule has 0 aliphatic heterocycles. The predicted octanol–water partition coefficient (Wildman–Crippen LogP) is 6.66. The van der Waals surface area contributed by atoms with Gasteiger partial charge in [-0.1, -0.05) is 44.1 Å². The number of hydrogen-bond acceptors (Lipinski definition) is 1. The van der Waals surface area contributed by atoms with Crippen LogP contribution in [0.3, 0.4) is 0 Å². The summed E-state index contributed by atoms with van der Waals surface area (Å²) in [5.74, 6) is -1.70. The molecule has 2 aromatic heterocycles. The molecule has 0 fully saturated rings. The van der Waals surface area contributed by atoms with Crippen LogP contribution in [0.15, 0.2) is 71.3 Å². The molecule has 0 saturated heterocycles. The zero-order chi connectivity index (χ0) is 22.8. The molecule has 3 aromatic carbocycles. The molecule has 5 rings (SSSR count). The maximum absolute atomic E-state index is 8.49. The number of benzene rings is 3. The summed E-state index contributed by atoms with van der Waals surface area (Å²) in [7, 11) is 1.92. The van der Waals surface area contributed by atoms with Crippen LogP contribution in [0.2, 0.25) is 0 Å². The second kappa shape index (κ2) is 6.20. The minimum Gasteiger partial charge on any atom is -0.455 e. The molecule has 5 aromatic rings. The highest BCUT2D eigenvalue weighted by Crippen LogP contribution is 2.37. The number of aromatic nitrogens is 1. The molecule has 0 radical (unpaired) electrons. The number of nitrogens with zero attached hydrogens (tertiary/aromatic N) is 1. The van der Waals surface area contributed by atoms with Crippen LogP contribution in [0.4, 0.5) is 0 Å². The van der Waals surface area contributed by atoms with E-state index in [2.05, 4.69) is 30.3 Å². The number of pyridine rings is 1. The van der Waals surface area contributed by atoms with E-state index in [1.807, 2.05) is 49.0 Å². The van der Waals surface area contributed by atoms with E-state index in [0.29, 0.717) is 5.56 Å². The van der Waals surface area contributed by atoms with Gasteiger partial charge in [0.25, 0.3) is 0 Å². The van der Waals surface area contributed by atoms with Gasteiger partial charge in [-0.15, -0.1) is 0 Å². The Morgan fingerprint density at radius 1 is 1.00 bits per heavy atom. The standard InChI is InChI=1S/C26H24NO/c1-16(2)19-11-12-27(4)24(14-19)22-15-25-23(13-17(22)3)21-10-9-18-7-5-6-8-20(18)26(21)28-25/h5-16H,1-4H3/q+1/i1D3,16D. The van der Waals surface area contributed by atoms with Gasteiger partial charge < -0.3 is 4.42 Å². The van der Waals surface area contributed by atoms with Crippen molar-refractivity contribution in [3.63, 3.8) is 0 Å². The number of furan rings is 1. The Balaban J connectivity index is 1.75. The van der Waals surface area contributed by atoms with E-state index in [1.165, 1.54) is 6.92 Å². The Bertz CT molecular complexity index is 1510. The first-order valence-corrected chi connectivity index (χ1v) is 9.43. The van der Waals surface area contributed by atoms with Crippen molar-refractivity contribution in [1.29, 1.82) is 0 Å². The summed E-state index contributed by atoms with van der Waals surface area (Å²) in [6, 6.07) is 20.1. The molecule has 0 amide bonds. The zero-order valence-corrected chi connectivity index (χ0v) is 16.2. The molecule has 0 aliphatic rings. The first-order chi connectivity index (χ1) is 15.1. The zero-order valence-electron chi connectivity index (χ0n) is 20.2. The minimum absolute atomic E-state index is 0.459. The molecule has 0 saturated carbocycles. The third-order valence-corrected chi connectivity index (χ3v) is 5.57. The summed E-state index contributed by atoms with van der Waals surface area (Å²) in [6.45, 7) is 1.06. The third-order valence-electron chi connectivity index (χ3n) is 5.57. The highest BCUT2D eigenvalue weighted by atomic mass is 16.3. The van der Waals surface area contributed by atoms with E-state index in [-0.39, 0.29) is 0 Å². The average Bonchev–Trinajstić information content (AvgIpc) is 3.10. The van der Waals surface area contributed by atoms with Crippen molar-refractivity contribution < 1.29 is 14.5 Å². The van der Waals surface area contributed by atoms with Gasteiger partial charge in [-0.3, -0.25) is 0 Å². The molecule has 0 spiro atoms. The van der Waals surface area contributed by atoms with Crippen LogP contribution in [0.25, 0.3) is 44.0 Å². The number of rotatable bonds is 2. The highest BCUT2D eigenvalue weighted by molar-refractivity contribution is 6.15. The van der Waals surface area contributed by atoms with Gasteiger partial charge in [0.1, 0.15) is 18.2 Å². The number of hydrogen-bond donors (Lipinski definition) is 0. The van der Waals surface area contributed by atoms with Gasteiger partial charge in [-0.2, -0.15) is 0 Å². The van der Waals surface area contributed by atoms with E-state index in [9.17, 15) is 0 Å². The van der Waals surface area contributed by atoms with Crippen molar-refractivity contribution in [2.24, 2.45) is 7.05 Å². The minimum atomic E-state index is -2.43. The van der Waals surface area contributed by atoms with Crippen LogP contribution < -0.4 is 4.57 Å². The fourth-order valence-electron chi connectivity index (χ4n) is 4.00. The van der Waals surface area contributed by atoms with E-state index >= 15 is 0 Å². The van der Waals surface area contributed by atoms with E-state index in [1.54, 1.807) is 6.07 Å². The third kappa shape index (κ3) is 2.52. The Kier molecular flexibility index (Phi) is 2.90. The van der Waals surface area contributed by atoms with Crippen LogP contribution >= 0.6 is 0 Å². The van der Waals surface area contributed by atoms with Crippen molar-refractivity contribution in [1.82, 2.24) is 0 Å². The second-order valence-corrected chi connectivity index (χ2v) is 7.47. The summed E-state index contributed by atoms with van der Waals surface area (Å²) < 4.78 is 40.2. The molecule has 28 heavy (non-hydrogen) atoms. The quantitative estimate of drug-likeness (QED) is 0.317. The molecule has 0 N–H and O–H groups in total. The lowest BCUT2D eigenvalue weighted by Crippen LogP contribution is -2.30. The SMILES string of the molecule is [2H]C([2H])([2H])C([2H])(C)c1cc[n+](C)c(-c2cc3oc4c5ccccc5ccc4c3cc2C)c1. The lowest BCUT2D eigenvalue weighted by atomic mass is 9.97. The fourth-order valence-corrected chi connectivity index (χ4v) is 4.00. The topological polar surface area (TPSA) is 17.0 Å². The van der Waals surface area contributed by atoms with Gasteiger partial charge in [0, 0.05) is 33.8 Å². The fraction of sp³-hybridized carbons (Fsp3) is 0.192. The molecule has 138 valence electrons. The van der Waals surface area contributed by atoms with E-state index in [4.69, 9.17) is 9.90 Å². The largest absolute Gasteiger partial charge is 0.455 e. The van der Waals surface area contributed by atoms with Gasteiger partial charge in [-0.05, 0) is 47.5 Å². The van der Waals surface area contributed by atoms with Crippen molar-refractivity contribution in [3.8, 4) is 11.3 Å².